The SMILES string of the molecule is O=S(=O)(NCCCCNc1cc(-c2ccccc2Cl)nc2c(Br)cnn12)c1ccccc1F. The Hall–Kier alpha value is -2.53. The van der Waals surface area contributed by atoms with Crippen LogP contribution in [0.1, 0.15) is 12.8 Å². The Morgan fingerprint density at radius 2 is 1.79 bits per heavy atom. The van der Waals surface area contributed by atoms with Crippen LogP contribution in [0.5, 0.6) is 0 Å². The van der Waals surface area contributed by atoms with Gasteiger partial charge in [0.25, 0.3) is 0 Å². The van der Waals surface area contributed by atoms with Crippen molar-refractivity contribution in [2.75, 3.05) is 18.4 Å². The largest absolute Gasteiger partial charge is 0.370 e. The molecular formula is C22H20BrClFN5O2S. The third kappa shape index (κ3) is 5.35. The van der Waals surface area contributed by atoms with Gasteiger partial charge in [-0.05, 0) is 47.0 Å². The average Bonchev–Trinajstić information content (AvgIpc) is 3.17. The number of rotatable bonds is 9. The van der Waals surface area contributed by atoms with E-state index < -0.39 is 15.8 Å². The van der Waals surface area contributed by atoms with Crippen molar-refractivity contribution >= 4 is 49.0 Å². The molecule has 2 N–H and O–H groups in total. The van der Waals surface area contributed by atoms with Crippen molar-refractivity contribution in [1.82, 2.24) is 19.3 Å². The number of fused-ring (bicyclic) bond motifs is 1. The number of nitrogens with zero attached hydrogens (tertiary/aromatic N) is 3. The van der Waals surface area contributed by atoms with Crippen LogP contribution in [0, 0.1) is 5.82 Å². The molecule has 2 aromatic carbocycles. The van der Waals surface area contributed by atoms with E-state index in [1.807, 2.05) is 30.3 Å². The summed E-state index contributed by atoms with van der Waals surface area (Å²) in [7, 11) is -3.88. The number of aromatic nitrogens is 3. The maximum atomic E-state index is 13.8. The summed E-state index contributed by atoms with van der Waals surface area (Å²) in [4.78, 5) is 4.32. The third-order valence-corrected chi connectivity index (χ3v) is 7.29. The van der Waals surface area contributed by atoms with Crippen LogP contribution in [-0.4, -0.2) is 36.1 Å². The van der Waals surface area contributed by atoms with Gasteiger partial charge in [0.2, 0.25) is 10.0 Å². The molecule has 0 amide bonds. The quantitative estimate of drug-likeness (QED) is 0.281. The highest BCUT2D eigenvalue weighted by Crippen LogP contribution is 2.30. The molecule has 0 saturated heterocycles. The van der Waals surface area contributed by atoms with Crippen LogP contribution < -0.4 is 10.0 Å². The zero-order valence-electron chi connectivity index (χ0n) is 17.3. The molecule has 0 aliphatic carbocycles. The van der Waals surface area contributed by atoms with Crippen LogP contribution in [0.15, 0.2) is 70.2 Å². The molecule has 0 radical (unpaired) electrons. The van der Waals surface area contributed by atoms with Crippen molar-refractivity contribution in [1.29, 1.82) is 0 Å². The highest BCUT2D eigenvalue weighted by molar-refractivity contribution is 9.10. The molecule has 0 unspecified atom stereocenters. The van der Waals surface area contributed by atoms with Crippen LogP contribution in [-0.2, 0) is 10.0 Å². The van der Waals surface area contributed by atoms with E-state index in [0.717, 1.165) is 21.9 Å². The number of hydrogen-bond donors (Lipinski definition) is 2. The summed E-state index contributed by atoms with van der Waals surface area (Å²) in [5, 5.41) is 8.27. The third-order valence-electron chi connectivity index (χ3n) is 4.91. The van der Waals surface area contributed by atoms with Crippen molar-refractivity contribution in [3.63, 3.8) is 0 Å². The summed E-state index contributed by atoms with van der Waals surface area (Å²) in [5.74, 6) is -0.0411. The van der Waals surface area contributed by atoms with Gasteiger partial charge >= 0.3 is 0 Å². The topological polar surface area (TPSA) is 88.4 Å². The summed E-state index contributed by atoms with van der Waals surface area (Å²) >= 11 is 9.83. The summed E-state index contributed by atoms with van der Waals surface area (Å²) < 4.78 is 43.1. The second-order valence-electron chi connectivity index (χ2n) is 7.20. The smallest absolute Gasteiger partial charge is 0.243 e. The summed E-state index contributed by atoms with van der Waals surface area (Å²) in [6.45, 7) is 0.766. The summed E-state index contributed by atoms with van der Waals surface area (Å²) in [5.41, 5.74) is 2.15. The predicted molar refractivity (Wildman–Crippen MR) is 130 cm³/mol. The average molecular weight is 553 g/mol. The highest BCUT2D eigenvalue weighted by Gasteiger charge is 2.17. The molecule has 0 fully saturated rings. The fourth-order valence-corrected chi connectivity index (χ4v) is 5.01. The maximum absolute atomic E-state index is 13.8. The predicted octanol–water partition coefficient (Wildman–Crippen LogP) is 5.12. The van der Waals surface area contributed by atoms with E-state index in [2.05, 4.69) is 36.1 Å². The van der Waals surface area contributed by atoms with Crippen LogP contribution in [0.4, 0.5) is 10.2 Å². The van der Waals surface area contributed by atoms with Gasteiger partial charge in [-0.1, -0.05) is 41.9 Å². The molecule has 7 nitrogen and oxygen atoms in total. The second kappa shape index (κ2) is 10.2. The second-order valence-corrected chi connectivity index (χ2v) is 10.2. The van der Waals surface area contributed by atoms with Crippen LogP contribution in [0.2, 0.25) is 5.02 Å². The van der Waals surface area contributed by atoms with E-state index in [4.69, 9.17) is 11.6 Å². The Morgan fingerprint density at radius 3 is 2.58 bits per heavy atom. The minimum Gasteiger partial charge on any atom is -0.370 e. The van der Waals surface area contributed by atoms with E-state index in [1.165, 1.54) is 18.2 Å². The minimum absolute atomic E-state index is 0.197. The molecule has 4 aromatic rings. The Balaban J connectivity index is 1.40. The van der Waals surface area contributed by atoms with Gasteiger partial charge in [0.1, 0.15) is 16.5 Å². The lowest BCUT2D eigenvalue weighted by molar-refractivity contribution is 0.554. The Morgan fingerprint density at radius 1 is 1.06 bits per heavy atom. The molecule has 0 aliphatic heterocycles. The Kier molecular flexibility index (Phi) is 7.28. The molecule has 0 atom stereocenters. The van der Waals surface area contributed by atoms with Gasteiger partial charge in [-0.2, -0.15) is 9.61 Å². The number of unbranched alkanes of at least 4 members (excludes halogenated alkanes) is 1. The molecule has 2 heterocycles. The number of nitrogens with one attached hydrogen (secondary N) is 2. The molecule has 0 saturated carbocycles. The van der Waals surface area contributed by atoms with Crippen molar-refractivity contribution in [2.45, 2.75) is 17.7 Å². The summed E-state index contributed by atoms with van der Waals surface area (Å²) in [6.07, 6.45) is 2.91. The van der Waals surface area contributed by atoms with E-state index in [-0.39, 0.29) is 11.4 Å². The molecular weight excluding hydrogens is 533 g/mol. The van der Waals surface area contributed by atoms with Crippen molar-refractivity contribution in [3.8, 4) is 11.3 Å². The molecule has 2 aromatic heterocycles. The molecule has 0 spiro atoms. The first kappa shape index (κ1) is 23.6. The zero-order valence-corrected chi connectivity index (χ0v) is 20.5. The van der Waals surface area contributed by atoms with E-state index >= 15 is 0 Å². The van der Waals surface area contributed by atoms with E-state index in [1.54, 1.807) is 10.7 Å². The number of halogens is 3. The number of anilines is 1. The standard InChI is InChI=1S/C22H20BrClFN5O2S/c23-16-14-27-30-21(13-19(29-22(16)30)15-7-1-2-8-17(15)24)26-11-5-6-12-28-33(31,32)20-10-4-3-9-18(20)25/h1-4,7-10,13-14,26,28H,5-6,11-12H2. The lowest BCUT2D eigenvalue weighted by atomic mass is 10.1. The summed E-state index contributed by atoms with van der Waals surface area (Å²) in [6, 6.07) is 14.6. The van der Waals surface area contributed by atoms with Gasteiger partial charge in [-0.3, -0.25) is 0 Å². The van der Waals surface area contributed by atoms with Gasteiger partial charge < -0.3 is 5.32 Å². The first-order valence-corrected chi connectivity index (χ1v) is 12.8. The number of sulfonamides is 1. The molecule has 172 valence electrons. The fourth-order valence-electron chi connectivity index (χ4n) is 3.28. The highest BCUT2D eigenvalue weighted by atomic mass is 79.9. The van der Waals surface area contributed by atoms with Gasteiger partial charge in [0, 0.05) is 29.7 Å². The first-order chi connectivity index (χ1) is 15.9. The Labute approximate surface area is 204 Å². The lowest BCUT2D eigenvalue weighted by Crippen LogP contribution is -2.26. The number of hydrogen-bond acceptors (Lipinski definition) is 5. The maximum Gasteiger partial charge on any atom is 0.243 e. The lowest BCUT2D eigenvalue weighted by Gasteiger charge is -2.12. The molecule has 0 bridgehead atoms. The van der Waals surface area contributed by atoms with E-state index in [0.29, 0.717) is 35.8 Å². The fraction of sp³-hybridized carbons (Fsp3) is 0.182. The molecule has 4 rings (SSSR count). The van der Waals surface area contributed by atoms with Gasteiger partial charge in [0.15, 0.2) is 5.65 Å². The monoisotopic (exact) mass is 551 g/mol. The van der Waals surface area contributed by atoms with Crippen LogP contribution in [0.3, 0.4) is 0 Å². The Bertz CT molecular complexity index is 1400. The van der Waals surface area contributed by atoms with Crippen molar-refractivity contribution in [3.05, 3.63) is 76.1 Å². The van der Waals surface area contributed by atoms with Crippen LogP contribution in [0.25, 0.3) is 16.9 Å². The van der Waals surface area contributed by atoms with Gasteiger partial charge in [-0.15, -0.1) is 0 Å². The van der Waals surface area contributed by atoms with Crippen molar-refractivity contribution in [2.24, 2.45) is 0 Å². The number of benzene rings is 2. The molecule has 11 heteroatoms. The van der Waals surface area contributed by atoms with Crippen molar-refractivity contribution < 1.29 is 12.8 Å². The normalized spacial score (nSPS) is 11.7. The van der Waals surface area contributed by atoms with E-state index in [9.17, 15) is 12.8 Å². The minimum atomic E-state index is -3.88. The van der Waals surface area contributed by atoms with Crippen LogP contribution >= 0.6 is 27.5 Å². The zero-order chi connectivity index (χ0) is 23.4. The first-order valence-electron chi connectivity index (χ1n) is 10.1. The molecule has 0 aliphatic rings. The van der Waals surface area contributed by atoms with Gasteiger partial charge in [-0.25, -0.2) is 22.5 Å². The molecule has 33 heavy (non-hydrogen) atoms. The van der Waals surface area contributed by atoms with Gasteiger partial charge in [0.05, 0.1) is 16.4 Å².